The normalized spacial score (nSPS) is 12.5. The molecule has 1 unspecified atom stereocenters. The molecule has 0 heterocycles. The summed E-state index contributed by atoms with van der Waals surface area (Å²) in [5, 5.41) is 0.00231. The van der Waals surface area contributed by atoms with Crippen LogP contribution in [0.1, 0.15) is 16.5 Å². The number of hydrogen-bond donors (Lipinski definition) is 0. The van der Waals surface area contributed by atoms with E-state index >= 15 is 0 Å². The Morgan fingerprint density at radius 1 is 0.889 bits per heavy atom. The zero-order valence-electron chi connectivity index (χ0n) is 8.93. The molecule has 2 aromatic rings. The molecule has 0 aliphatic carbocycles. The second kappa shape index (κ2) is 5.43. The molecule has 2 aromatic carbocycles. The van der Waals surface area contributed by atoms with E-state index in [0.717, 1.165) is 12.1 Å². The summed E-state index contributed by atoms with van der Waals surface area (Å²) in [5.74, 6) is -1.37. The van der Waals surface area contributed by atoms with Crippen LogP contribution < -0.4 is 0 Å². The predicted octanol–water partition coefficient (Wildman–Crippen LogP) is 5.60. The van der Waals surface area contributed by atoms with Crippen LogP contribution in [-0.2, 0) is 0 Å². The van der Waals surface area contributed by atoms with Crippen molar-refractivity contribution in [2.45, 2.75) is 5.38 Å². The first kappa shape index (κ1) is 13.6. The zero-order valence-corrected chi connectivity index (χ0v) is 11.2. The Morgan fingerprint density at radius 2 is 1.61 bits per heavy atom. The third-order valence-electron chi connectivity index (χ3n) is 2.47. The molecule has 0 aliphatic rings. The maximum atomic E-state index is 13.6. The Kier molecular flexibility index (Phi) is 4.10. The third kappa shape index (κ3) is 2.77. The fraction of sp³-hybridized carbons (Fsp3) is 0.0769. The molecule has 0 bridgehead atoms. The molecule has 0 amide bonds. The molecule has 0 saturated carbocycles. The Labute approximate surface area is 118 Å². The highest BCUT2D eigenvalue weighted by molar-refractivity contribution is 6.35. The van der Waals surface area contributed by atoms with Gasteiger partial charge in [-0.15, -0.1) is 11.6 Å². The van der Waals surface area contributed by atoms with Crippen molar-refractivity contribution in [3.8, 4) is 0 Å². The smallest absolute Gasteiger partial charge is 0.131 e. The molecular weight excluding hydrogens is 300 g/mol. The molecule has 0 nitrogen and oxygen atoms in total. The highest BCUT2D eigenvalue weighted by Gasteiger charge is 2.18. The molecule has 0 saturated heterocycles. The van der Waals surface area contributed by atoms with Gasteiger partial charge in [-0.3, -0.25) is 0 Å². The van der Waals surface area contributed by atoms with Gasteiger partial charge in [-0.05, 0) is 29.8 Å². The van der Waals surface area contributed by atoms with E-state index in [9.17, 15) is 8.78 Å². The van der Waals surface area contributed by atoms with Crippen LogP contribution in [0.4, 0.5) is 8.78 Å². The van der Waals surface area contributed by atoms with Crippen LogP contribution in [0.2, 0.25) is 10.0 Å². The van der Waals surface area contributed by atoms with Crippen molar-refractivity contribution in [2.24, 2.45) is 0 Å². The fourth-order valence-corrected chi connectivity index (χ4v) is 2.40. The van der Waals surface area contributed by atoms with Gasteiger partial charge in [-0.25, -0.2) is 8.78 Å². The van der Waals surface area contributed by atoms with Crippen molar-refractivity contribution in [1.29, 1.82) is 0 Å². The van der Waals surface area contributed by atoms with Crippen molar-refractivity contribution < 1.29 is 8.78 Å². The highest BCUT2D eigenvalue weighted by atomic mass is 35.5. The first-order chi connectivity index (χ1) is 8.49. The van der Waals surface area contributed by atoms with Gasteiger partial charge in [0.25, 0.3) is 0 Å². The second-order valence-electron chi connectivity index (χ2n) is 3.69. The molecule has 0 radical (unpaired) electrons. The quantitative estimate of drug-likeness (QED) is 0.633. The lowest BCUT2D eigenvalue weighted by Gasteiger charge is -2.13. The number of halogens is 5. The van der Waals surface area contributed by atoms with Crippen molar-refractivity contribution in [3.63, 3.8) is 0 Å². The summed E-state index contributed by atoms with van der Waals surface area (Å²) in [6, 6.07) is 7.97. The number of alkyl halides is 1. The third-order valence-corrected chi connectivity index (χ3v) is 3.52. The molecule has 18 heavy (non-hydrogen) atoms. The largest absolute Gasteiger partial charge is 0.207 e. The van der Waals surface area contributed by atoms with Crippen molar-refractivity contribution in [2.75, 3.05) is 0 Å². The number of hydrogen-bond acceptors (Lipinski definition) is 0. The lowest BCUT2D eigenvalue weighted by Crippen LogP contribution is -1.98. The minimum absolute atomic E-state index is 0.155. The van der Waals surface area contributed by atoms with Gasteiger partial charge in [0.05, 0.1) is 5.38 Å². The van der Waals surface area contributed by atoms with E-state index in [1.54, 1.807) is 18.2 Å². The van der Waals surface area contributed by atoms with Gasteiger partial charge < -0.3 is 0 Å². The highest BCUT2D eigenvalue weighted by Crippen LogP contribution is 2.36. The maximum absolute atomic E-state index is 13.6. The lowest BCUT2D eigenvalue weighted by molar-refractivity contribution is 0.573. The van der Waals surface area contributed by atoms with E-state index in [1.807, 2.05) is 0 Å². The van der Waals surface area contributed by atoms with E-state index in [0.29, 0.717) is 15.6 Å². The molecule has 0 spiro atoms. The summed E-state index contributed by atoms with van der Waals surface area (Å²) < 4.78 is 26.4. The second-order valence-corrected chi connectivity index (χ2v) is 4.97. The fourth-order valence-electron chi connectivity index (χ4n) is 1.58. The van der Waals surface area contributed by atoms with Crippen LogP contribution in [0.15, 0.2) is 36.4 Å². The molecule has 0 fully saturated rings. The van der Waals surface area contributed by atoms with E-state index in [1.165, 1.54) is 6.07 Å². The van der Waals surface area contributed by atoms with Crippen LogP contribution in [0, 0.1) is 11.6 Å². The number of benzene rings is 2. The van der Waals surface area contributed by atoms with Crippen LogP contribution in [0.25, 0.3) is 0 Å². The van der Waals surface area contributed by atoms with Crippen LogP contribution in [0.5, 0.6) is 0 Å². The van der Waals surface area contributed by atoms with Gasteiger partial charge in [0, 0.05) is 21.7 Å². The molecule has 2 rings (SSSR count). The summed E-state index contributed by atoms with van der Waals surface area (Å²) in [5.41, 5.74) is 0.638. The van der Waals surface area contributed by atoms with E-state index in [-0.39, 0.29) is 5.56 Å². The average Bonchev–Trinajstić information content (AvgIpc) is 2.31. The molecule has 94 valence electrons. The van der Waals surface area contributed by atoms with Crippen molar-refractivity contribution in [3.05, 3.63) is 69.2 Å². The van der Waals surface area contributed by atoms with E-state index in [4.69, 9.17) is 34.8 Å². The standard InChI is InChI=1S/C13H7Cl3F2/c14-7-1-4-11(15)10(5-7)13(16)9-3-2-8(17)6-12(9)18/h1-6,13H. The summed E-state index contributed by atoms with van der Waals surface area (Å²) >= 11 is 18.0. The van der Waals surface area contributed by atoms with Gasteiger partial charge in [0.1, 0.15) is 11.6 Å². The predicted molar refractivity (Wildman–Crippen MR) is 70.5 cm³/mol. The van der Waals surface area contributed by atoms with E-state index < -0.39 is 17.0 Å². The number of rotatable bonds is 2. The maximum Gasteiger partial charge on any atom is 0.131 e. The summed E-state index contributed by atoms with van der Waals surface area (Å²) in [7, 11) is 0. The van der Waals surface area contributed by atoms with Gasteiger partial charge in [-0.2, -0.15) is 0 Å². The van der Waals surface area contributed by atoms with E-state index in [2.05, 4.69) is 0 Å². The first-order valence-corrected chi connectivity index (χ1v) is 6.22. The van der Waals surface area contributed by atoms with Gasteiger partial charge in [0.15, 0.2) is 0 Å². The lowest BCUT2D eigenvalue weighted by atomic mass is 10.0. The first-order valence-electron chi connectivity index (χ1n) is 5.03. The Balaban J connectivity index is 2.47. The zero-order chi connectivity index (χ0) is 13.3. The molecule has 1 atom stereocenters. The van der Waals surface area contributed by atoms with Crippen molar-refractivity contribution in [1.82, 2.24) is 0 Å². The molecule has 0 aromatic heterocycles. The van der Waals surface area contributed by atoms with Crippen LogP contribution in [0.3, 0.4) is 0 Å². The SMILES string of the molecule is Fc1ccc(C(Cl)c2cc(Cl)ccc2Cl)c(F)c1. The summed E-state index contributed by atoms with van der Waals surface area (Å²) in [6.07, 6.45) is 0. The Bertz CT molecular complexity index is 584. The summed E-state index contributed by atoms with van der Waals surface area (Å²) in [4.78, 5) is 0. The van der Waals surface area contributed by atoms with Gasteiger partial charge in [-0.1, -0.05) is 29.3 Å². The van der Waals surface area contributed by atoms with Gasteiger partial charge >= 0.3 is 0 Å². The van der Waals surface area contributed by atoms with Gasteiger partial charge in [0.2, 0.25) is 0 Å². The minimum atomic E-state index is -0.822. The average molecular weight is 308 g/mol. The molecule has 0 aliphatic heterocycles. The van der Waals surface area contributed by atoms with Crippen LogP contribution in [-0.4, -0.2) is 0 Å². The molecule has 0 N–H and O–H groups in total. The Hall–Kier alpha value is -0.830. The topological polar surface area (TPSA) is 0 Å². The molecular formula is C13H7Cl3F2. The summed E-state index contributed by atoms with van der Waals surface area (Å²) in [6.45, 7) is 0. The molecule has 5 heteroatoms. The monoisotopic (exact) mass is 306 g/mol. The Morgan fingerprint density at radius 3 is 2.28 bits per heavy atom. The van der Waals surface area contributed by atoms with Crippen LogP contribution >= 0.6 is 34.8 Å². The minimum Gasteiger partial charge on any atom is -0.207 e. The van der Waals surface area contributed by atoms with Crippen molar-refractivity contribution >= 4 is 34.8 Å².